The highest BCUT2D eigenvalue weighted by atomic mass is 35.5. The van der Waals surface area contributed by atoms with Gasteiger partial charge in [-0.25, -0.2) is 0 Å². The molecule has 1 saturated heterocycles. The average molecular weight is 238 g/mol. The molecule has 16 heavy (non-hydrogen) atoms. The summed E-state index contributed by atoms with van der Waals surface area (Å²) in [7, 11) is 2.31. The molecular formula is C14H20ClN. The van der Waals surface area contributed by atoms with Crippen molar-refractivity contribution in [3.8, 4) is 0 Å². The second kappa shape index (κ2) is 4.38. The molecule has 1 fully saturated rings. The number of aryl methyl sites for hydroxylation is 1. The highest BCUT2D eigenvalue weighted by Gasteiger charge is 2.40. The lowest BCUT2D eigenvalue weighted by Gasteiger charge is -2.40. The number of likely N-dealkylation sites (tertiary alicyclic amines) is 1. The second-order valence-corrected chi connectivity index (χ2v) is 5.19. The number of nitrogens with zero attached hydrogens (tertiary/aromatic N) is 1. The van der Waals surface area contributed by atoms with Gasteiger partial charge in [-0.05, 0) is 56.8 Å². The lowest BCUT2D eigenvalue weighted by Crippen LogP contribution is -2.45. The third kappa shape index (κ3) is 1.76. The quantitative estimate of drug-likeness (QED) is 0.671. The Bertz CT molecular complexity index is 377. The third-order valence-electron chi connectivity index (χ3n) is 4.44. The van der Waals surface area contributed by atoms with E-state index in [4.69, 9.17) is 0 Å². The molecule has 1 aliphatic carbocycles. The van der Waals surface area contributed by atoms with Crippen molar-refractivity contribution in [2.75, 3.05) is 13.6 Å². The van der Waals surface area contributed by atoms with E-state index in [1.807, 2.05) is 0 Å². The van der Waals surface area contributed by atoms with Gasteiger partial charge in [0.25, 0.3) is 0 Å². The molecule has 0 bridgehead atoms. The van der Waals surface area contributed by atoms with Gasteiger partial charge >= 0.3 is 0 Å². The molecular weight excluding hydrogens is 218 g/mol. The fraction of sp³-hybridized carbons (Fsp3) is 0.571. The normalized spacial score (nSPS) is 28.8. The topological polar surface area (TPSA) is 3.24 Å². The molecule has 1 spiro atoms. The Labute approximate surface area is 104 Å². The van der Waals surface area contributed by atoms with Crippen molar-refractivity contribution in [2.45, 2.75) is 37.6 Å². The maximum atomic E-state index is 2.60. The first-order valence-electron chi connectivity index (χ1n) is 6.08. The van der Waals surface area contributed by atoms with Crippen LogP contribution in [-0.4, -0.2) is 24.0 Å². The van der Waals surface area contributed by atoms with Crippen molar-refractivity contribution in [3.05, 3.63) is 35.4 Å². The number of fused-ring (bicyclic) bond motifs is 1. The van der Waals surface area contributed by atoms with Gasteiger partial charge in [0.05, 0.1) is 0 Å². The lowest BCUT2D eigenvalue weighted by atomic mass is 9.76. The number of rotatable bonds is 0. The van der Waals surface area contributed by atoms with Crippen molar-refractivity contribution in [1.29, 1.82) is 0 Å². The van der Waals surface area contributed by atoms with E-state index in [1.54, 1.807) is 11.1 Å². The smallest absolute Gasteiger partial charge is 0.0250 e. The van der Waals surface area contributed by atoms with Crippen LogP contribution in [0.5, 0.6) is 0 Å². The first-order chi connectivity index (χ1) is 7.30. The largest absolute Gasteiger partial charge is 0.300 e. The standard InChI is InChI=1S/C14H19N.ClH/c1-15-10-4-8-14(15)9-7-12-5-2-3-6-13(12)11-14;/h2-3,5-6H,4,7-11H2,1H3;1H. The summed E-state index contributed by atoms with van der Waals surface area (Å²) in [5, 5.41) is 0. The maximum Gasteiger partial charge on any atom is 0.0250 e. The fourth-order valence-corrected chi connectivity index (χ4v) is 3.40. The van der Waals surface area contributed by atoms with E-state index in [0.717, 1.165) is 0 Å². The highest BCUT2D eigenvalue weighted by molar-refractivity contribution is 5.85. The minimum absolute atomic E-state index is 0. The van der Waals surface area contributed by atoms with Crippen LogP contribution in [-0.2, 0) is 12.8 Å². The van der Waals surface area contributed by atoms with Gasteiger partial charge in [0.15, 0.2) is 0 Å². The van der Waals surface area contributed by atoms with Crippen molar-refractivity contribution in [3.63, 3.8) is 0 Å². The van der Waals surface area contributed by atoms with Crippen molar-refractivity contribution < 1.29 is 0 Å². The van der Waals surface area contributed by atoms with Crippen LogP contribution in [0.3, 0.4) is 0 Å². The van der Waals surface area contributed by atoms with Crippen LogP contribution in [0.1, 0.15) is 30.4 Å². The van der Waals surface area contributed by atoms with E-state index in [9.17, 15) is 0 Å². The molecule has 0 saturated carbocycles. The zero-order chi connectivity index (χ0) is 10.3. The molecule has 2 aliphatic rings. The van der Waals surface area contributed by atoms with Gasteiger partial charge < -0.3 is 4.90 Å². The minimum atomic E-state index is 0. The number of halogens is 1. The van der Waals surface area contributed by atoms with Crippen LogP contribution in [0, 0.1) is 0 Å². The predicted molar refractivity (Wildman–Crippen MR) is 70.3 cm³/mol. The molecule has 1 heterocycles. The van der Waals surface area contributed by atoms with Gasteiger partial charge in [-0.2, -0.15) is 0 Å². The lowest BCUT2D eigenvalue weighted by molar-refractivity contribution is 0.152. The Morgan fingerprint density at radius 2 is 1.88 bits per heavy atom. The molecule has 0 aromatic heterocycles. The number of hydrogen-bond acceptors (Lipinski definition) is 1. The molecule has 88 valence electrons. The summed E-state index contributed by atoms with van der Waals surface area (Å²) in [5.74, 6) is 0. The summed E-state index contributed by atoms with van der Waals surface area (Å²) in [6, 6.07) is 8.99. The predicted octanol–water partition coefficient (Wildman–Crippen LogP) is 3.06. The Balaban J connectivity index is 0.000000963. The Kier molecular flexibility index (Phi) is 3.27. The fourth-order valence-electron chi connectivity index (χ4n) is 3.40. The summed E-state index contributed by atoms with van der Waals surface area (Å²) in [6.07, 6.45) is 6.71. The molecule has 3 rings (SSSR count). The minimum Gasteiger partial charge on any atom is -0.300 e. The molecule has 0 amide bonds. The Morgan fingerprint density at radius 1 is 1.12 bits per heavy atom. The summed E-state index contributed by atoms with van der Waals surface area (Å²) in [5.41, 5.74) is 3.69. The second-order valence-electron chi connectivity index (χ2n) is 5.19. The SMILES string of the molecule is CN1CCCC12CCc1ccccc1C2.Cl. The van der Waals surface area contributed by atoms with Crippen LogP contribution in [0.15, 0.2) is 24.3 Å². The molecule has 1 aromatic carbocycles. The van der Waals surface area contributed by atoms with Crippen LogP contribution in [0.2, 0.25) is 0 Å². The van der Waals surface area contributed by atoms with Gasteiger partial charge in [-0.1, -0.05) is 24.3 Å². The van der Waals surface area contributed by atoms with Crippen LogP contribution >= 0.6 is 12.4 Å². The van der Waals surface area contributed by atoms with Gasteiger partial charge in [0, 0.05) is 5.54 Å². The number of benzene rings is 1. The van der Waals surface area contributed by atoms with Crippen molar-refractivity contribution >= 4 is 12.4 Å². The van der Waals surface area contributed by atoms with Crippen LogP contribution in [0.25, 0.3) is 0 Å². The summed E-state index contributed by atoms with van der Waals surface area (Å²) < 4.78 is 0. The van der Waals surface area contributed by atoms with Crippen LogP contribution < -0.4 is 0 Å². The van der Waals surface area contributed by atoms with E-state index in [2.05, 4.69) is 36.2 Å². The van der Waals surface area contributed by atoms with E-state index in [-0.39, 0.29) is 12.4 Å². The molecule has 1 nitrogen and oxygen atoms in total. The highest BCUT2D eigenvalue weighted by Crippen LogP contribution is 2.39. The number of likely N-dealkylation sites (N-methyl/N-ethyl adjacent to an activating group) is 1. The van der Waals surface area contributed by atoms with Crippen LogP contribution in [0.4, 0.5) is 0 Å². The average Bonchev–Trinajstić information content (AvgIpc) is 2.60. The first-order valence-corrected chi connectivity index (χ1v) is 6.08. The van der Waals surface area contributed by atoms with E-state index < -0.39 is 0 Å². The zero-order valence-electron chi connectivity index (χ0n) is 9.91. The van der Waals surface area contributed by atoms with Crippen molar-refractivity contribution in [2.24, 2.45) is 0 Å². The molecule has 0 N–H and O–H groups in total. The van der Waals surface area contributed by atoms with Gasteiger partial charge in [0.2, 0.25) is 0 Å². The molecule has 1 atom stereocenters. The van der Waals surface area contributed by atoms with E-state index in [0.29, 0.717) is 5.54 Å². The molecule has 0 radical (unpaired) electrons. The zero-order valence-corrected chi connectivity index (χ0v) is 10.7. The summed E-state index contributed by atoms with van der Waals surface area (Å²) >= 11 is 0. The Morgan fingerprint density at radius 3 is 2.56 bits per heavy atom. The molecule has 1 aromatic rings. The van der Waals surface area contributed by atoms with Gasteiger partial charge in [-0.3, -0.25) is 0 Å². The molecule has 2 heteroatoms. The molecule has 1 unspecified atom stereocenters. The maximum absolute atomic E-state index is 2.60. The first kappa shape index (κ1) is 11.9. The monoisotopic (exact) mass is 237 g/mol. The molecule has 1 aliphatic heterocycles. The number of hydrogen-bond donors (Lipinski definition) is 0. The third-order valence-corrected chi connectivity index (χ3v) is 4.44. The Hall–Kier alpha value is -0.530. The summed E-state index contributed by atoms with van der Waals surface area (Å²) in [6.45, 7) is 1.29. The van der Waals surface area contributed by atoms with Crippen molar-refractivity contribution in [1.82, 2.24) is 4.90 Å². The summed E-state index contributed by atoms with van der Waals surface area (Å²) in [4.78, 5) is 2.60. The van der Waals surface area contributed by atoms with E-state index >= 15 is 0 Å². The van der Waals surface area contributed by atoms with Gasteiger partial charge in [0.1, 0.15) is 0 Å². The van der Waals surface area contributed by atoms with Gasteiger partial charge in [-0.15, -0.1) is 12.4 Å². The van der Waals surface area contributed by atoms with E-state index in [1.165, 1.54) is 38.6 Å².